The summed E-state index contributed by atoms with van der Waals surface area (Å²) in [6.07, 6.45) is 6.08. The van der Waals surface area contributed by atoms with Gasteiger partial charge in [0, 0.05) is 25.8 Å². The van der Waals surface area contributed by atoms with Crippen LogP contribution in [0.15, 0.2) is 12.3 Å². The van der Waals surface area contributed by atoms with Gasteiger partial charge in [0.25, 0.3) is 5.91 Å². The molecule has 2 rings (SSSR count). The van der Waals surface area contributed by atoms with E-state index < -0.39 is 0 Å². The maximum absolute atomic E-state index is 12.7. The zero-order valence-corrected chi connectivity index (χ0v) is 12.9. The van der Waals surface area contributed by atoms with Crippen molar-refractivity contribution < 1.29 is 4.79 Å². The van der Waals surface area contributed by atoms with Crippen LogP contribution in [0, 0.1) is 5.92 Å². The molecule has 2 heterocycles. The Balaban J connectivity index is 2.10. The van der Waals surface area contributed by atoms with Gasteiger partial charge in [0.05, 0.1) is 5.02 Å². The zero-order chi connectivity index (χ0) is 14.5. The van der Waals surface area contributed by atoms with Gasteiger partial charge in [-0.1, -0.05) is 18.5 Å². The van der Waals surface area contributed by atoms with Gasteiger partial charge in [-0.2, -0.15) is 0 Å². The minimum Gasteiger partial charge on any atom is -0.342 e. The Morgan fingerprint density at radius 2 is 2.35 bits per heavy atom. The number of nitrogens with two attached hydrogens (primary N) is 1. The molecule has 1 aromatic heterocycles. The monoisotopic (exact) mass is 297 g/mol. The van der Waals surface area contributed by atoms with E-state index >= 15 is 0 Å². The Labute approximate surface area is 125 Å². The first-order valence-corrected chi connectivity index (χ1v) is 7.88. The van der Waals surface area contributed by atoms with Gasteiger partial charge in [0.15, 0.2) is 0 Å². The van der Waals surface area contributed by atoms with Crippen LogP contribution in [-0.4, -0.2) is 35.0 Å². The van der Waals surface area contributed by atoms with E-state index in [-0.39, 0.29) is 5.91 Å². The predicted molar refractivity (Wildman–Crippen MR) is 82.0 cm³/mol. The number of hydrogen-bond acceptors (Lipinski definition) is 2. The SMILES string of the molecule is CCCn1cc(Cl)cc1C(=O)N1CCCC(CCN)C1. The van der Waals surface area contributed by atoms with Crippen LogP contribution in [0.3, 0.4) is 0 Å². The zero-order valence-electron chi connectivity index (χ0n) is 12.1. The molecule has 0 aliphatic carbocycles. The van der Waals surface area contributed by atoms with E-state index in [9.17, 15) is 4.79 Å². The second-order valence-electron chi connectivity index (χ2n) is 5.57. The van der Waals surface area contributed by atoms with Gasteiger partial charge in [0.1, 0.15) is 5.69 Å². The molecule has 1 fully saturated rings. The summed E-state index contributed by atoms with van der Waals surface area (Å²) in [4.78, 5) is 14.6. The Morgan fingerprint density at radius 3 is 3.05 bits per heavy atom. The molecule has 0 spiro atoms. The highest BCUT2D eigenvalue weighted by atomic mass is 35.5. The molecule has 20 heavy (non-hydrogen) atoms. The minimum atomic E-state index is 0.104. The van der Waals surface area contributed by atoms with Crippen molar-refractivity contribution in [2.45, 2.75) is 39.2 Å². The van der Waals surface area contributed by atoms with E-state index in [0.717, 1.165) is 38.9 Å². The molecule has 112 valence electrons. The third-order valence-electron chi connectivity index (χ3n) is 3.93. The molecule has 2 N–H and O–H groups in total. The lowest BCUT2D eigenvalue weighted by Gasteiger charge is -2.32. The number of aryl methyl sites for hydroxylation is 1. The average Bonchev–Trinajstić information content (AvgIpc) is 2.80. The van der Waals surface area contributed by atoms with Crippen molar-refractivity contribution in [2.75, 3.05) is 19.6 Å². The van der Waals surface area contributed by atoms with Crippen molar-refractivity contribution in [1.29, 1.82) is 0 Å². The molecule has 0 saturated carbocycles. The summed E-state index contributed by atoms with van der Waals surface area (Å²) in [6.45, 7) is 5.29. The van der Waals surface area contributed by atoms with Crippen molar-refractivity contribution in [3.8, 4) is 0 Å². The highest BCUT2D eigenvalue weighted by molar-refractivity contribution is 6.31. The van der Waals surface area contributed by atoms with Crippen LogP contribution in [-0.2, 0) is 6.54 Å². The molecule has 1 saturated heterocycles. The van der Waals surface area contributed by atoms with E-state index in [1.165, 1.54) is 6.42 Å². The second-order valence-corrected chi connectivity index (χ2v) is 6.01. The van der Waals surface area contributed by atoms with Gasteiger partial charge in [-0.05, 0) is 44.2 Å². The van der Waals surface area contributed by atoms with E-state index in [2.05, 4.69) is 6.92 Å². The lowest BCUT2D eigenvalue weighted by atomic mass is 9.94. The van der Waals surface area contributed by atoms with Gasteiger partial charge < -0.3 is 15.2 Å². The number of aromatic nitrogens is 1. The van der Waals surface area contributed by atoms with Crippen LogP contribution in [0.4, 0.5) is 0 Å². The number of hydrogen-bond donors (Lipinski definition) is 1. The quantitative estimate of drug-likeness (QED) is 0.908. The summed E-state index contributed by atoms with van der Waals surface area (Å²) >= 11 is 6.05. The fraction of sp³-hybridized carbons (Fsp3) is 0.667. The average molecular weight is 298 g/mol. The molecule has 0 bridgehead atoms. The van der Waals surface area contributed by atoms with E-state index in [0.29, 0.717) is 23.2 Å². The van der Waals surface area contributed by atoms with Gasteiger partial charge in [-0.25, -0.2) is 0 Å². The number of nitrogens with zero attached hydrogens (tertiary/aromatic N) is 2. The van der Waals surface area contributed by atoms with Gasteiger partial charge >= 0.3 is 0 Å². The van der Waals surface area contributed by atoms with Gasteiger partial charge in [0.2, 0.25) is 0 Å². The van der Waals surface area contributed by atoms with Crippen LogP contribution >= 0.6 is 11.6 Å². The molecule has 0 aromatic carbocycles. The molecule has 0 radical (unpaired) electrons. The molecular formula is C15H24ClN3O. The molecule has 4 nitrogen and oxygen atoms in total. The number of rotatable bonds is 5. The van der Waals surface area contributed by atoms with E-state index in [4.69, 9.17) is 17.3 Å². The third-order valence-corrected chi connectivity index (χ3v) is 4.13. The van der Waals surface area contributed by atoms with Crippen LogP contribution in [0.25, 0.3) is 0 Å². The largest absolute Gasteiger partial charge is 0.342 e. The maximum Gasteiger partial charge on any atom is 0.270 e. The number of carbonyl (C=O) groups excluding carboxylic acids is 1. The lowest BCUT2D eigenvalue weighted by molar-refractivity contribution is 0.0658. The molecule has 1 aromatic rings. The highest BCUT2D eigenvalue weighted by Gasteiger charge is 2.26. The lowest BCUT2D eigenvalue weighted by Crippen LogP contribution is -2.41. The summed E-state index contributed by atoms with van der Waals surface area (Å²) in [5.41, 5.74) is 6.35. The number of carbonyl (C=O) groups is 1. The molecule has 1 aliphatic rings. The minimum absolute atomic E-state index is 0.104. The number of piperidine rings is 1. The fourth-order valence-electron chi connectivity index (χ4n) is 2.96. The predicted octanol–water partition coefficient (Wildman–Crippen LogP) is 2.75. The van der Waals surface area contributed by atoms with E-state index in [1.807, 2.05) is 15.7 Å². The van der Waals surface area contributed by atoms with Crippen LogP contribution < -0.4 is 5.73 Å². The molecular weight excluding hydrogens is 274 g/mol. The van der Waals surface area contributed by atoms with Crippen molar-refractivity contribution in [3.05, 3.63) is 23.0 Å². The standard InChI is InChI=1S/C15H24ClN3O/c1-2-7-18-11-13(16)9-14(18)15(20)19-8-3-4-12(10-19)5-6-17/h9,11-12H,2-8,10,17H2,1H3. The Morgan fingerprint density at radius 1 is 1.55 bits per heavy atom. The number of halogens is 1. The highest BCUT2D eigenvalue weighted by Crippen LogP contribution is 2.22. The summed E-state index contributed by atoms with van der Waals surface area (Å²) in [7, 11) is 0. The summed E-state index contributed by atoms with van der Waals surface area (Å²) < 4.78 is 1.97. The first-order valence-electron chi connectivity index (χ1n) is 7.50. The van der Waals surface area contributed by atoms with Gasteiger partial charge in [-0.15, -0.1) is 0 Å². The summed E-state index contributed by atoms with van der Waals surface area (Å²) in [5.74, 6) is 0.648. The van der Waals surface area contributed by atoms with Crippen molar-refractivity contribution in [2.24, 2.45) is 11.7 Å². The van der Waals surface area contributed by atoms with Crippen molar-refractivity contribution in [3.63, 3.8) is 0 Å². The summed E-state index contributed by atoms with van der Waals surface area (Å²) in [6, 6.07) is 1.78. The fourth-order valence-corrected chi connectivity index (χ4v) is 3.18. The molecule has 1 atom stereocenters. The van der Waals surface area contributed by atoms with E-state index in [1.54, 1.807) is 6.07 Å². The van der Waals surface area contributed by atoms with Crippen LogP contribution in [0.1, 0.15) is 43.1 Å². The van der Waals surface area contributed by atoms with Crippen LogP contribution in [0.2, 0.25) is 5.02 Å². The van der Waals surface area contributed by atoms with Crippen LogP contribution in [0.5, 0.6) is 0 Å². The second kappa shape index (κ2) is 7.14. The topological polar surface area (TPSA) is 51.3 Å². The molecule has 1 amide bonds. The Kier molecular flexibility index (Phi) is 5.49. The Bertz CT molecular complexity index is 456. The molecule has 1 aliphatic heterocycles. The molecule has 5 heteroatoms. The smallest absolute Gasteiger partial charge is 0.270 e. The maximum atomic E-state index is 12.7. The number of likely N-dealkylation sites (tertiary alicyclic amines) is 1. The van der Waals surface area contributed by atoms with Gasteiger partial charge in [-0.3, -0.25) is 4.79 Å². The first kappa shape index (κ1) is 15.4. The number of amides is 1. The molecule has 1 unspecified atom stereocenters. The normalized spacial score (nSPS) is 19.4. The first-order chi connectivity index (χ1) is 9.65. The Hall–Kier alpha value is -1.00. The van der Waals surface area contributed by atoms with Crippen molar-refractivity contribution >= 4 is 17.5 Å². The summed E-state index contributed by atoms with van der Waals surface area (Å²) in [5, 5.41) is 0.636. The third kappa shape index (κ3) is 3.55. The van der Waals surface area contributed by atoms with Crippen molar-refractivity contribution in [1.82, 2.24) is 9.47 Å².